The van der Waals surface area contributed by atoms with Gasteiger partial charge < -0.3 is 14.2 Å². The second-order valence-corrected chi connectivity index (χ2v) is 7.62. The Morgan fingerprint density at radius 2 is 1.72 bits per heavy atom. The first kappa shape index (κ1) is 23.0. The molecular formula is C24H21BrN2O5. The van der Waals surface area contributed by atoms with Crippen LogP contribution < -0.4 is 19.6 Å². The van der Waals surface area contributed by atoms with E-state index in [4.69, 9.17) is 14.2 Å². The molecule has 0 radical (unpaired) electrons. The number of ether oxygens (including phenoxy) is 3. The minimum atomic E-state index is -0.484. The summed E-state index contributed by atoms with van der Waals surface area (Å²) in [6.07, 6.45) is 1.45. The molecular weight excluding hydrogens is 476 g/mol. The summed E-state index contributed by atoms with van der Waals surface area (Å²) in [5.41, 5.74) is 4.53. The highest BCUT2D eigenvalue weighted by Crippen LogP contribution is 2.28. The summed E-state index contributed by atoms with van der Waals surface area (Å²) in [4.78, 5) is 24.2. The number of carbonyl (C=O) groups excluding carboxylic acids is 2. The third kappa shape index (κ3) is 6.68. The molecule has 3 aromatic rings. The zero-order chi connectivity index (χ0) is 22.9. The molecule has 1 N–H and O–H groups in total. The van der Waals surface area contributed by atoms with Gasteiger partial charge in [-0.25, -0.2) is 10.2 Å². The summed E-state index contributed by atoms with van der Waals surface area (Å²) in [5, 5.41) is 3.91. The number of carbonyl (C=O) groups is 2. The van der Waals surface area contributed by atoms with Crippen LogP contribution in [0, 0.1) is 6.92 Å². The first-order chi connectivity index (χ1) is 15.4. The third-order valence-electron chi connectivity index (χ3n) is 4.26. The van der Waals surface area contributed by atoms with Crippen LogP contribution in [0.1, 0.15) is 21.5 Å². The molecule has 0 aliphatic heterocycles. The van der Waals surface area contributed by atoms with Crippen molar-refractivity contribution in [3.8, 4) is 17.2 Å². The predicted molar refractivity (Wildman–Crippen MR) is 125 cm³/mol. The maximum absolute atomic E-state index is 12.3. The first-order valence-electron chi connectivity index (χ1n) is 9.62. The average molecular weight is 497 g/mol. The number of aryl methyl sites for hydroxylation is 1. The third-order valence-corrected chi connectivity index (χ3v) is 4.79. The molecule has 3 aromatic carbocycles. The lowest BCUT2D eigenvalue weighted by Crippen LogP contribution is -2.24. The van der Waals surface area contributed by atoms with E-state index in [0.717, 1.165) is 10.0 Å². The normalized spacial score (nSPS) is 10.6. The fourth-order valence-electron chi connectivity index (χ4n) is 2.59. The van der Waals surface area contributed by atoms with Gasteiger partial charge in [0.25, 0.3) is 5.91 Å². The van der Waals surface area contributed by atoms with Crippen molar-refractivity contribution in [3.05, 3.63) is 87.9 Å². The first-order valence-corrected chi connectivity index (χ1v) is 10.4. The summed E-state index contributed by atoms with van der Waals surface area (Å²) in [7, 11) is 1.47. The van der Waals surface area contributed by atoms with Crippen LogP contribution in [0.25, 0.3) is 0 Å². The number of nitrogens with zero attached hydrogens (tertiary/aromatic N) is 1. The van der Waals surface area contributed by atoms with E-state index in [9.17, 15) is 9.59 Å². The van der Waals surface area contributed by atoms with Gasteiger partial charge in [-0.2, -0.15) is 5.10 Å². The van der Waals surface area contributed by atoms with Crippen molar-refractivity contribution in [1.29, 1.82) is 0 Å². The number of amides is 1. The van der Waals surface area contributed by atoms with E-state index in [1.807, 2.05) is 31.2 Å². The van der Waals surface area contributed by atoms with Gasteiger partial charge >= 0.3 is 5.97 Å². The van der Waals surface area contributed by atoms with Crippen LogP contribution in [0.2, 0.25) is 0 Å². The monoisotopic (exact) mass is 496 g/mol. The number of methoxy groups -OCH3 is 1. The minimum absolute atomic E-state index is 0.170. The number of nitrogens with one attached hydrogen (secondary N) is 1. The second kappa shape index (κ2) is 11.1. The highest BCUT2D eigenvalue weighted by atomic mass is 79.9. The van der Waals surface area contributed by atoms with Gasteiger partial charge in [-0.3, -0.25) is 4.79 Å². The van der Waals surface area contributed by atoms with Gasteiger partial charge in [0.1, 0.15) is 5.75 Å². The molecule has 0 aliphatic carbocycles. The standard InChI is InChI=1S/C24H21BrN2O5/c1-16-3-6-18(7-4-16)24(29)32-21-12-5-17(13-22(21)30-2)14-26-27-23(28)15-31-20-10-8-19(25)9-11-20/h3-14H,15H2,1-2H3,(H,27,28). The zero-order valence-electron chi connectivity index (χ0n) is 17.5. The maximum Gasteiger partial charge on any atom is 0.343 e. The predicted octanol–water partition coefficient (Wildman–Crippen LogP) is 4.51. The van der Waals surface area contributed by atoms with Gasteiger partial charge in [-0.15, -0.1) is 0 Å². The van der Waals surface area contributed by atoms with Crippen LogP contribution in [0.4, 0.5) is 0 Å². The topological polar surface area (TPSA) is 86.2 Å². The van der Waals surface area contributed by atoms with Crippen molar-refractivity contribution in [2.24, 2.45) is 5.10 Å². The Balaban J connectivity index is 1.55. The summed E-state index contributed by atoms with van der Waals surface area (Å²) in [6, 6.07) is 19.2. The Kier molecular flexibility index (Phi) is 7.99. The van der Waals surface area contributed by atoms with Crippen LogP contribution in [0.3, 0.4) is 0 Å². The molecule has 3 rings (SSSR count). The van der Waals surface area contributed by atoms with Gasteiger partial charge in [-0.05, 0) is 67.1 Å². The molecule has 8 heteroatoms. The average Bonchev–Trinajstić information content (AvgIpc) is 2.80. The Bertz CT molecular complexity index is 1110. The molecule has 0 saturated carbocycles. The lowest BCUT2D eigenvalue weighted by atomic mass is 10.1. The Labute approximate surface area is 194 Å². The number of benzene rings is 3. The van der Waals surface area contributed by atoms with Crippen LogP contribution >= 0.6 is 15.9 Å². The molecule has 0 fully saturated rings. The SMILES string of the molecule is COc1cc(C=NNC(=O)COc2ccc(Br)cc2)ccc1OC(=O)c1ccc(C)cc1. The fraction of sp³-hybridized carbons (Fsp3) is 0.125. The number of hydrazone groups is 1. The zero-order valence-corrected chi connectivity index (χ0v) is 19.1. The highest BCUT2D eigenvalue weighted by Gasteiger charge is 2.12. The molecule has 0 heterocycles. The summed E-state index contributed by atoms with van der Waals surface area (Å²) >= 11 is 3.33. The molecule has 164 valence electrons. The van der Waals surface area contributed by atoms with E-state index in [1.54, 1.807) is 42.5 Å². The lowest BCUT2D eigenvalue weighted by molar-refractivity contribution is -0.123. The van der Waals surface area contributed by atoms with E-state index in [-0.39, 0.29) is 12.4 Å². The van der Waals surface area contributed by atoms with Crippen molar-refractivity contribution in [1.82, 2.24) is 5.43 Å². The van der Waals surface area contributed by atoms with Crippen LogP contribution in [-0.2, 0) is 4.79 Å². The van der Waals surface area contributed by atoms with Gasteiger partial charge in [0, 0.05) is 4.47 Å². The molecule has 0 atom stereocenters. The number of hydrogen-bond donors (Lipinski definition) is 1. The van der Waals surface area contributed by atoms with Crippen molar-refractivity contribution in [2.45, 2.75) is 6.92 Å². The van der Waals surface area contributed by atoms with Gasteiger partial charge in [0.2, 0.25) is 0 Å². The molecule has 32 heavy (non-hydrogen) atoms. The smallest absolute Gasteiger partial charge is 0.343 e. The Morgan fingerprint density at radius 1 is 1.00 bits per heavy atom. The molecule has 7 nitrogen and oxygen atoms in total. The molecule has 1 amide bonds. The van der Waals surface area contributed by atoms with Crippen molar-refractivity contribution < 1.29 is 23.8 Å². The number of esters is 1. The van der Waals surface area contributed by atoms with E-state index in [1.165, 1.54) is 13.3 Å². The van der Waals surface area contributed by atoms with Crippen molar-refractivity contribution in [2.75, 3.05) is 13.7 Å². The van der Waals surface area contributed by atoms with Crippen LogP contribution in [-0.4, -0.2) is 31.8 Å². The maximum atomic E-state index is 12.3. The highest BCUT2D eigenvalue weighted by molar-refractivity contribution is 9.10. The number of halogens is 1. The summed E-state index contributed by atoms with van der Waals surface area (Å²) < 4.78 is 17.1. The van der Waals surface area contributed by atoms with Gasteiger partial charge in [-0.1, -0.05) is 33.6 Å². The summed E-state index contributed by atoms with van der Waals surface area (Å²) in [5.74, 6) is 0.330. The quantitative estimate of drug-likeness (QED) is 0.214. The van der Waals surface area contributed by atoms with E-state index in [2.05, 4.69) is 26.5 Å². The van der Waals surface area contributed by atoms with Gasteiger partial charge in [0.15, 0.2) is 18.1 Å². The number of hydrogen-bond acceptors (Lipinski definition) is 6. The second-order valence-electron chi connectivity index (χ2n) is 6.70. The molecule has 0 saturated heterocycles. The van der Waals surface area contributed by atoms with E-state index < -0.39 is 11.9 Å². The van der Waals surface area contributed by atoms with E-state index in [0.29, 0.717) is 22.6 Å². The van der Waals surface area contributed by atoms with Crippen LogP contribution in [0.15, 0.2) is 76.3 Å². The largest absolute Gasteiger partial charge is 0.493 e. The van der Waals surface area contributed by atoms with Crippen LogP contribution in [0.5, 0.6) is 17.2 Å². The molecule has 0 aromatic heterocycles. The lowest BCUT2D eigenvalue weighted by Gasteiger charge is -2.10. The molecule has 0 spiro atoms. The van der Waals surface area contributed by atoms with Gasteiger partial charge in [0.05, 0.1) is 18.9 Å². The molecule has 0 unspecified atom stereocenters. The Morgan fingerprint density at radius 3 is 2.41 bits per heavy atom. The number of rotatable bonds is 8. The Hall–Kier alpha value is -3.65. The van der Waals surface area contributed by atoms with E-state index >= 15 is 0 Å². The fourth-order valence-corrected chi connectivity index (χ4v) is 2.85. The molecule has 0 bridgehead atoms. The van der Waals surface area contributed by atoms with Crippen molar-refractivity contribution in [3.63, 3.8) is 0 Å². The molecule has 0 aliphatic rings. The summed E-state index contributed by atoms with van der Waals surface area (Å²) in [6.45, 7) is 1.77. The van der Waals surface area contributed by atoms with Crippen molar-refractivity contribution >= 4 is 34.0 Å². The minimum Gasteiger partial charge on any atom is -0.493 e.